The van der Waals surface area contributed by atoms with Gasteiger partial charge in [0, 0.05) is 24.9 Å². The van der Waals surface area contributed by atoms with Gasteiger partial charge in [0.1, 0.15) is 5.56 Å². The third kappa shape index (κ3) is 3.64. The van der Waals surface area contributed by atoms with E-state index in [1.54, 1.807) is 12.1 Å². The number of hydrogen-bond acceptors (Lipinski definition) is 6. The van der Waals surface area contributed by atoms with Crippen LogP contribution in [0.25, 0.3) is 0 Å². The first-order chi connectivity index (χ1) is 11.4. The Morgan fingerprint density at radius 1 is 1.42 bits per heavy atom. The van der Waals surface area contributed by atoms with Gasteiger partial charge in [-0.25, -0.2) is 5.43 Å². The maximum atomic E-state index is 11.9. The van der Waals surface area contributed by atoms with E-state index in [0.29, 0.717) is 5.56 Å². The van der Waals surface area contributed by atoms with Gasteiger partial charge in [-0.3, -0.25) is 19.7 Å². The lowest BCUT2D eigenvalue weighted by molar-refractivity contribution is -0.385. The molecule has 1 amide bonds. The quantitative estimate of drug-likeness (QED) is 0.500. The second-order valence-corrected chi connectivity index (χ2v) is 4.73. The molecular weight excluding hydrogens is 316 g/mol. The van der Waals surface area contributed by atoms with Gasteiger partial charge in [-0.05, 0) is 24.3 Å². The van der Waals surface area contributed by atoms with Crippen LogP contribution >= 0.6 is 0 Å². The fourth-order valence-corrected chi connectivity index (χ4v) is 1.93. The number of carbonyl (C=O) groups excluding carboxylic acids is 1. The molecule has 1 N–H and O–H groups in total. The van der Waals surface area contributed by atoms with Crippen LogP contribution in [-0.4, -0.2) is 28.7 Å². The molecule has 2 aromatic rings. The summed E-state index contributed by atoms with van der Waals surface area (Å²) in [5, 5.41) is 14.7. The first-order valence-electron chi connectivity index (χ1n) is 6.75. The molecule has 24 heavy (non-hydrogen) atoms. The third-order valence-electron chi connectivity index (χ3n) is 3.15. The number of methoxy groups -OCH3 is 1. The number of ether oxygens (including phenoxy) is 1. The molecule has 0 radical (unpaired) electrons. The highest BCUT2D eigenvalue weighted by Gasteiger charge is 2.14. The van der Waals surface area contributed by atoms with Crippen LogP contribution in [0.1, 0.15) is 15.9 Å². The van der Waals surface area contributed by atoms with Gasteiger partial charge in [0.2, 0.25) is 0 Å². The number of nitro benzene ring substituents is 1. The van der Waals surface area contributed by atoms with Gasteiger partial charge in [-0.15, -0.1) is 0 Å². The van der Waals surface area contributed by atoms with Gasteiger partial charge < -0.3 is 9.30 Å². The average Bonchev–Trinajstić information content (AvgIpc) is 2.57. The van der Waals surface area contributed by atoms with E-state index in [0.717, 1.165) is 0 Å². The number of amides is 1. The SMILES string of the molecule is COc1ccc(/C=N\NC(=O)c2cccn(C)c2=O)cc1[N+](=O)[O-]. The van der Waals surface area contributed by atoms with E-state index in [2.05, 4.69) is 10.5 Å². The van der Waals surface area contributed by atoms with Crippen molar-refractivity contribution >= 4 is 17.8 Å². The summed E-state index contributed by atoms with van der Waals surface area (Å²) in [6.07, 6.45) is 2.76. The number of carbonyl (C=O) groups is 1. The molecule has 0 bridgehead atoms. The normalized spacial score (nSPS) is 10.6. The molecule has 0 saturated carbocycles. The van der Waals surface area contributed by atoms with E-state index >= 15 is 0 Å². The van der Waals surface area contributed by atoms with E-state index in [1.807, 2.05) is 0 Å². The summed E-state index contributed by atoms with van der Waals surface area (Å²) >= 11 is 0. The molecule has 0 spiro atoms. The van der Waals surface area contributed by atoms with Gasteiger partial charge in [0.25, 0.3) is 11.5 Å². The van der Waals surface area contributed by atoms with E-state index in [4.69, 9.17) is 4.74 Å². The number of pyridine rings is 1. The van der Waals surface area contributed by atoms with Gasteiger partial charge in [0.05, 0.1) is 18.2 Å². The van der Waals surface area contributed by atoms with Crippen molar-refractivity contribution in [1.29, 1.82) is 0 Å². The Morgan fingerprint density at radius 3 is 2.83 bits per heavy atom. The number of aromatic nitrogens is 1. The molecule has 0 saturated heterocycles. The maximum absolute atomic E-state index is 11.9. The predicted molar refractivity (Wildman–Crippen MR) is 86.4 cm³/mol. The van der Waals surface area contributed by atoms with Crippen LogP contribution in [0.4, 0.5) is 5.69 Å². The smallest absolute Gasteiger partial charge is 0.311 e. The topological polar surface area (TPSA) is 116 Å². The molecule has 1 heterocycles. The second kappa shape index (κ2) is 7.18. The number of nitro groups is 1. The minimum atomic E-state index is -0.671. The van der Waals surface area contributed by atoms with Crippen LogP contribution < -0.4 is 15.7 Å². The van der Waals surface area contributed by atoms with Gasteiger partial charge in [-0.1, -0.05) is 0 Å². The van der Waals surface area contributed by atoms with Crippen molar-refractivity contribution in [2.75, 3.05) is 7.11 Å². The first kappa shape index (κ1) is 16.9. The van der Waals surface area contributed by atoms with Crippen molar-refractivity contribution in [3.63, 3.8) is 0 Å². The fraction of sp³-hybridized carbons (Fsp3) is 0.133. The van der Waals surface area contributed by atoms with Gasteiger partial charge >= 0.3 is 5.69 Å². The Balaban J connectivity index is 2.16. The van der Waals surface area contributed by atoms with E-state index < -0.39 is 16.4 Å². The second-order valence-electron chi connectivity index (χ2n) is 4.73. The Hall–Kier alpha value is -3.49. The number of nitrogens with zero attached hydrogens (tertiary/aromatic N) is 3. The molecule has 0 unspecified atom stereocenters. The zero-order valence-electron chi connectivity index (χ0n) is 12.9. The molecule has 9 nitrogen and oxygen atoms in total. The lowest BCUT2D eigenvalue weighted by Gasteiger charge is -2.03. The lowest BCUT2D eigenvalue weighted by Crippen LogP contribution is -2.29. The highest BCUT2D eigenvalue weighted by molar-refractivity contribution is 5.94. The zero-order chi connectivity index (χ0) is 17.7. The summed E-state index contributed by atoms with van der Waals surface area (Å²) in [6, 6.07) is 7.17. The van der Waals surface area contributed by atoms with Crippen molar-refractivity contribution in [3.8, 4) is 5.75 Å². The Kier molecular flexibility index (Phi) is 5.05. The largest absolute Gasteiger partial charge is 0.490 e. The van der Waals surface area contributed by atoms with Crippen LogP contribution in [-0.2, 0) is 7.05 Å². The number of hydrazone groups is 1. The minimum absolute atomic E-state index is 0.0575. The third-order valence-corrected chi connectivity index (χ3v) is 3.15. The predicted octanol–water partition coefficient (Wildman–Crippen LogP) is 1.07. The number of rotatable bonds is 5. The molecule has 1 aromatic heterocycles. The van der Waals surface area contributed by atoms with Crippen LogP contribution in [0.2, 0.25) is 0 Å². The van der Waals surface area contributed by atoms with Crippen LogP contribution in [0.3, 0.4) is 0 Å². The maximum Gasteiger partial charge on any atom is 0.311 e. The number of benzene rings is 1. The summed E-state index contributed by atoms with van der Waals surface area (Å²) in [5.74, 6) is -0.551. The summed E-state index contributed by atoms with van der Waals surface area (Å²) in [5.41, 5.74) is 1.87. The van der Waals surface area contributed by atoms with Gasteiger partial charge in [-0.2, -0.15) is 5.10 Å². The van der Waals surface area contributed by atoms with Crippen molar-refractivity contribution in [2.45, 2.75) is 0 Å². The van der Waals surface area contributed by atoms with Crippen molar-refractivity contribution in [1.82, 2.24) is 9.99 Å². The Morgan fingerprint density at radius 2 is 2.17 bits per heavy atom. The van der Waals surface area contributed by atoms with E-state index in [-0.39, 0.29) is 17.0 Å². The average molecular weight is 330 g/mol. The first-order valence-corrected chi connectivity index (χ1v) is 6.75. The summed E-state index contributed by atoms with van der Waals surface area (Å²) in [4.78, 5) is 34.1. The molecule has 0 atom stereocenters. The standard InChI is InChI=1S/C15H14N4O5/c1-18-7-3-4-11(15(18)21)14(20)17-16-9-10-5-6-13(24-2)12(8-10)19(22)23/h3-9H,1-2H3,(H,17,20)/b16-9-. The van der Waals surface area contributed by atoms with Crippen LogP contribution in [0, 0.1) is 10.1 Å². The van der Waals surface area contributed by atoms with Gasteiger partial charge in [0.15, 0.2) is 5.75 Å². The summed E-state index contributed by atoms with van der Waals surface area (Å²) in [6.45, 7) is 0. The molecule has 0 aliphatic rings. The molecule has 1 aromatic carbocycles. The molecule has 0 fully saturated rings. The lowest BCUT2D eigenvalue weighted by atomic mass is 10.2. The van der Waals surface area contributed by atoms with E-state index in [9.17, 15) is 19.7 Å². The van der Waals surface area contributed by atoms with E-state index in [1.165, 1.54) is 49.3 Å². The summed E-state index contributed by atoms with van der Waals surface area (Å²) < 4.78 is 6.16. The Bertz CT molecular complexity index is 872. The van der Waals surface area contributed by atoms with Crippen LogP contribution in [0.15, 0.2) is 46.4 Å². The molecule has 0 aliphatic heterocycles. The monoisotopic (exact) mass is 330 g/mol. The highest BCUT2D eigenvalue weighted by atomic mass is 16.6. The molecule has 124 valence electrons. The van der Waals surface area contributed by atoms with Crippen LogP contribution in [0.5, 0.6) is 5.75 Å². The Labute approximate surface area is 136 Å². The van der Waals surface area contributed by atoms with Crippen molar-refractivity contribution < 1.29 is 14.5 Å². The molecule has 9 heteroatoms. The van der Waals surface area contributed by atoms with Crippen molar-refractivity contribution in [3.05, 3.63) is 68.1 Å². The molecule has 0 aliphatic carbocycles. The number of nitrogens with one attached hydrogen (secondary N) is 1. The molecular formula is C15H14N4O5. The van der Waals surface area contributed by atoms with Crippen molar-refractivity contribution in [2.24, 2.45) is 12.1 Å². The fourth-order valence-electron chi connectivity index (χ4n) is 1.93. The minimum Gasteiger partial charge on any atom is -0.490 e. The number of hydrogen-bond donors (Lipinski definition) is 1. The highest BCUT2D eigenvalue weighted by Crippen LogP contribution is 2.26. The molecule has 2 rings (SSSR count). The summed E-state index contributed by atoms with van der Waals surface area (Å²) in [7, 11) is 2.86. The zero-order valence-corrected chi connectivity index (χ0v) is 12.9. The number of aryl methyl sites for hydroxylation is 1.